The second-order valence-corrected chi connectivity index (χ2v) is 11.8. The maximum atomic E-state index is 12.1. The molecule has 1 unspecified atom stereocenters. The second-order valence-electron chi connectivity index (χ2n) is 10.3. The molecule has 0 aromatic heterocycles. The lowest BCUT2D eigenvalue weighted by atomic mass is 9.35. The number of carbonyl (C=O) groups is 1. The summed E-state index contributed by atoms with van der Waals surface area (Å²) in [5.41, 5.74) is -0.680. The summed E-state index contributed by atoms with van der Waals surface area (Å²) in [5, 5.41) is 21.4. The Morgan fingerprint density at radius 2 is 1.81 bits per heavy atom. The van der Waals surface area contributed by atoms with Gasteiger partial charge in [-0.3, -0.25) is 9.00 Å². The largest absolute Gasteiger partial charge is 0.481 e. The highest BCUT2D eigenvalue weighted by Crippen LogP contribution is 2.72. The summed E-state index contributed by atoms with van der Waals surface area (Å²) in [4.78, 5) is 12.1. The maximum Gasteiger partial charge on any atom is 0.309 e. The van der Waals surface area contributed by atoms with Crippen LogP contribution in [0, 0.1) is 39.9 Å². The lowest BCUT2D eigenvalue weighted by Gasteiger charge is -2.69. The summed E-state index contributed by atoms with van der Waals surface area (Å²) in [6.45, 7) is 4.31. The van der Waals surface area contributed by atoms with Crippen LogP contribution in [-0.2, 0) is 15.6 Å². The van der Waals surface area contributed by atoms with Gasteiger partial charge < -0.3 is 10.2 Å². The zero-order valence-electron chi connectivity index (χ0n) is 16.4. The Morgan fingerprint density at radius 1 is 1.12 bits per heavy atom. The Labute approximate surface area is 159 Å². The summed E-state index contributed by atoms with van der Waals surface area (Å²) in [6, 6.07) is 0. The van der Waals surface area contributed by atoms with Gasteiger partial charge in [-0.25, -0.2) is 0 Å². The fourth-order valence-corrected chi connectivity index (χ4v) is 9.23. The Morgan fingerprint density at radius 3 is 2.46 bits per heavy atom. The highest BCUT2D eigenvalue weighted by molar-refractivity contribution is 7.84. The number of carboxylic acids is 1. The first-order chi connectivity index (χ1) is 12.1. The zero-order valence-corrected chi connectivity index (χ0v) is 17.2. The second kappa shape index (κ2) is 6.04. The van der Waals surface area contributed by atoms with E-state index in [0.717, 1.165) is 51.4 Å². The van der Waals surface area contributed by atoms with Gasteiger partial charge in [0.25, 0.3) is 0 Å². The molecule has 2 N–H and O–H groups in total. The first-order valence-corrected chi connectivity index (χ1v) is 12.1. The highest BCUT2D eigenvalue weighted by Gasteiger charge is 2.68. The van der Waals surface area contributed by atoms with E-state index in [4.69, 9.17) is 0 Å². The van der Waals surface area contributed by atoms with Crippen LogP contribution in [0.2, 0.25) is 0 Å². The van der Waals surface area contributed by atoms with E-state index < -0.39 is 22.2 Å². The van der Waals surface area contributed by atoms with Gasteiger partial charge in [0.1, 0.15) is 0 Å². The van der Waals surface area contributed by atoms with Crippen LogP contribution in [0.1, 0.15) is 65.2 Å². The highest BCUT2D eigenvalue weighted by atomic mass is 32.2. The van der Waals surface area contributed by atoms with Crippen molar-refractivity contribution in [3.05, 3.63) is 0 Å². The van der Waals surface area contributed by atoms with Gasteiger partial charge >= 0.3 is 5.97 Å². The van der Waals surface area contributed by atoms with Crippen molar-refractivity contribution in [1.82, 2.24) is 0 Å². The van der Waals surface area contributed by atoms with Crippen molar-refractivity contribution in [2.24, 2.45) is 39.9 Å². The van der Waals surface area contributed by atoms with Gasteiger partial charge in [-0.15, -0.1) is 0 Å². The Hall–Kier alpha value is -0.420. The van der Waals surface area contributed by atoms with Gasteiger partial charge in [-0.1, -0.05) is 13.3 Å². The lowest BCUT2D eigenvalue weighted by molar-refractivity contribution is -0.241. The fourth-order valence-electron chi connectivity index (χ4n) is 8.23. The van der Waals surface area contributed by atoms with E-state index in [9.17, 15) is 19.2 Å². The molecule has 0 aliphatic heterocycles. The van der Waals surface area contributed by atoms with Gasteiger partial charge in [-0.2, -0.15) is 0 Å². The van der Waals surface area contributed by atoms with Crippen molar-refractivity contribution in [2.75, 3.05) is 12.0 Å². The first kappa shape index (κ1) is 18.9. The van der Waals surface area contributed by atoms with Crippen LogP contribution in [0.4, 0.5) is 0 Å². The first-order valence-electron chi connectivity index (χ1n) is 10.4. The summed E-state index contributed by atoms with van der Waals surface area (Å²) in [7, 11) is -0.876. The molecule has 148 valence electrons. The van der Waals surface area contributed by atoms with Crippen molar-refractivity contribution >= 4 is 16.8 Å². The third kappa shape index (κ3) is 2.35. The Bertz CT molecular complexity index is 636. The van der Waals surface area contributed by atoms with Gasteiger partial charge in [0.15, 0.2) is 0 Å². The lowest BCUT2D eigenvalue weighted by Crippen LogP contribution is -2.67. The molecule has 5 heteroatoms. The predicted octanol–water partition coefficient (Wildman–Crippen LogP) is 3.45. The molecule has 5 aliphatic carbocycles. The van der Waals surface area contributed by atoms with Gasteiger partial charge in [0.2, 0.25) is 0 Å². The Balaban J connectivity index is 1.71. The van der Waals surface area contributed by atoms with Crippen molar-refractivity contribution in [3.63, 3.8) is 0 Å². The van der Waals surface area contributed by atoms with Gasteiger partial charge in [0.05, 0.1) is 11.5 Å². The van der Waals surface area contributed by atoms with Crippen molar-refractivity contribution in [3.8, 4) is 0 Å². The van der Waals surface area contributed by atoms with Crippen molar-refractivity contribution in [1.29, 1.82) is 0 Å². The number of aliphatic hydroxyl groups excluding tert-OH is 1. The van der Waals surface area contributed by atoms with E-state index in [1.807, 2.05) is 6.92 Å². The third-order valence-corrected chi connectivity index (χ3v) is 10.3. The molecule has 0 aromatic carbocycles. The van der Waals surface area contributed by atoms with Crippen molar-refractivity contribution < 1.29 is 19.2 Å². The molecule has 5 saturated carbocycles. The summed E-state index contributed by atoms with van der Waals surface area (Å²) >= 11 is 0. The molecule has 2 bridgehead atoms. The average molecular weight is 383 g/mol. The molecular formula is C21H34O4S. The Kier molecular flexibility index (Phi) is 4.39. The van der Waals surface area contributed by atoms with E-state index in [1.165, 1.54) is 0 Å². The molecular weight excluding hydrogens is 348 g/mol. The minimum absolute atomic E-state index is 0.0135. The number of fused-ring (bicyclic) bond motifs is 3. The van der Waals surface area contributed by atoms with Crippen LogP contribution in [0.3, 0.4) is 0 Å². The van der Waals surface area contributed by atoms with Crippen molar-refractivity contribution in [2.45, 2.75) is 71.3 Å². The zero-order chi connectivity index (χ0) is 18.9. The fraction of sp³-hybridized carbons (Fsp3) is 0.952. The molecule has 0 radical (unpaired) electrons. The molecule has 9 atom stereocenters. The number of rotatable bonds is 3. The molecule has 0 heterocycles. The molecule has 0 amide bonds. The molecule has 4 nitrogen and oxygen atoms in total. The number of aliphatic hydroxyl groups is 1. The smallest absolute Gasteiger partial charge is 0.309 e. The third-order valence-electron chi connectivity index (χ3n) is 9.40. The summed E-state index contributed by atoms with van der Waals surface area (Å²) < 4.78 is 11.9. The molecule has 0 saturated heterocycles. The molecule has 5 fully saturated rings. The molecule has 1 spiro atoms. The summed E-state index contributed by atoms with van der Waals surface area (Å²) in [6.07, 6.45) is 9.42. The molecule has 5 aliphatic rings. The van der Waals surface area contributed by atoms with E-state index in [2.05, 4.69) is 6.92 Å². The molecule has 0 aromatic rings. The molecule has 26 heavy (non-hydrogen) atoms. The maximum absolute atomic E-state index is 12.1. The van der Waals surface area contributed by atoms with Crippen LogP contribution in [0.15, 0.2) is 0 Å². The van der Waals surface area contributed by atoms with E-state index in [0.29, 0.717) is 17.6 Å². The number of hydrogen-bond donors (Lipinski definition) is 2. The minimum atomic E-state index is -0.876. The minimum Gasteiger partial charge on any atom is -0.481 e. The van der Waals surface area contributed by atoms with Gasteiger partial charge in [0, 0.05) is 22.8 Å². The van der Waals surface area contributed by atoms with Crippen LogP contribution in [0.5, 0.6) is 0 Å². The van der Waals surface area contributed by atoms with E-state index in [-0.39, 0.29) is 28.8 Å². The standard InChI is InChI=1S/C21H34O4S/c1-19-7-4-8-20(2,18(23)24)15(19)6-10-21-9-5-13(11-16(19)21)14(17(21)22)12-26(3)25/h13-17,22H,4-12H2,1-3H3,(H,23,24)/t13-,14+,15-,16-,17-,19-,20-,21-,26?/m1/s1. The van der Waals surface area contributed by atoms with E-state index >= 15 is 0 Å². The van der Waals surface area contributed by atoms with E-state index in [1.54, 1.807) is 6.26 Å². The van der Waals surface area contributed by atoms with Crippen LogP contribution < -0.4 is 0 Å². The van der Waals surface area contributed by atoms with Crippen LogP contribution >= 0.6 is 0 Å². The number of aliphatic carboxylic acids is 1. The summed E-state index contributed by atoms with van der Waals surface area (Å²) in [5.74, 6) is 1.23. The molecule has 5 rings (SSSR count). The topological polar surface area (TPSA) is 74.6 Å². The van der Waals surface area contributed by atoms with Crippen LogP contribution in [-0.4, -0.2) is 38.5 Å². The normalized spacial score (nSPS) is 54.2. The van der Waals surface area contributed by atoms with Gasteiger partial charge in [-0.05, 0) is 86.4 Å². The number of hydrogen-bond acceptors (Lipinski definition) is 3. The average Bonchev–Trinajstić information content (AvgIpc) is 2.57. The predicted molar refractivity (Wildman–Crippen MR) is 102 cm³/mol. The quantitative estimate of drug-likeness (QED) is 0.784. The SMILES string of the molecule is CS(=O)C[C@H]1[C@@H]2CC[C@]3(CC[C@@H]4[C@@](C)(CCC[C@@]4(C)C(=O)O)[C@H]3C2)[C@@H]1O. The number of carboxylic acid groups (broad SMARTS) is 1. The monoisotopic (exact) mass is 382 g/mol. The van der Waals surface area contributed by atoms with Crippen LogP contribution in [0.25, 0.3) is 0 Å².